The van der Waals surface area contributed by atoms with Gasteiger partial charge in [-0.05, 0) is 105 Å². The zero-order valence-electron chi connectivity index (χ0n) is 84.0. The fourth-order valence-corrected chi connectivity index (χ4v) is 19.6. The van der Waals surface area contributed by atoms with E-state index < -0.39 is 199 Å². The van der Waals surface area contributed by atoms with Crippen LogP contribution in [0.2, 0.25) is 0 Å². The third kappa shape index (κ3) is 42.0. The second-order valence-corrected chi connectivity index (χ2v) is 40.6. The fraction of sp³-hybridized carbons (Fsp3) is 0.691. The molecule has 10 N–H and O–H groups in total. The molecule has 0 aliphatic carbocycles. The second kappa shape index (κ2) is 63.6. The lowest BCUT2D eigenvalue weighted by molar-refractivity contribution is -0.148. The maximum Gasteiger partial charge on any atom is 0.312 e. The molecule has 0 spiro atoms. The Hall–Kier alpha value is -9.28. The molecule has 2 heterocycles. The number of sulfone groups is 2. The van der Waals surface area contributed by atoms with E-state index in [0.717, 1.165) is 0 Å². The summed E-state index contributed by atoms with van der Waals surface area (Å²) in [6.07, 6.45) is -1.39. The fourth-order valence-electron chi connectivity index (χ4n) is 16.5. The molecular formula is C97H156N12O28S2. The molecule has 2 aliphatic heterocycles. The van der Waals surface area contributed by atoms with Crippen LogP contribution in [0.15, 0.2) is 78.9 Å². The van der Waals surface area contributed by atoms with Gasteiger partial charge in [0.25, 0.3) is 5.91 Å². The number of Topliss-reactive ketones (excluding diaryl/α,β-unsaturated/α-hetero) is 1. The summed E-state index contributed by atoms with van der Waals surface area (Å²) >= 11 is 0. The van der Waals surface area contributed by atoms with Gasteiger partial charge in [0.15, 0.2) is 25.5 Å². The van der Waals surface area contributed by atoms with E-state index in [1.54, 1.807) is 109 Å². The zero-order chi connectivity index (χ0) is 103. The molecule has 3 aromatic carbocycles. The summed E-state index contributed by atoms with van der Waals surface area (Å²) in [4.78, 5) is 177. The molecule has 0 saturated carbocycles. The third-order valence-electron chi connectivity index (χ3n) is 24.6. The Morgan fingerprint density at radius 3 is 1.57 bits per heavy atom. The van der Waals surface area contributed by atoms with Crippen LogP contribution >= 0.6 is 0 Å². The number of methoxy groups -OCH3 is 4. The highest BCUT2D eigenvalue weighted by Gasteiger charge is 2.45. The SMILES string of the molecule is CC[C@H](C)[C@@H]([C@@H](CC(=O)N1CCC[C@H]1[C@H](OC)[C@@H](C)C(=O)N[C@H](C)[C@@H](O)c1ccccc1)OC)N(C)C(=O)[C@@H](NC(=O)[C@H](C(C)C)N(C)C(=O)CCc1ccc(NC(=O)[C@H](CCCNC(N)=O)NC(=O)[C@@H](NC(=O)CC[C@H](NC(=O)c2ccc(C(=O)C(CS(=O)(=O)CCOC)CS(=O)(=O)CCOC)cc2)C(=O)N2CCOCCOCCOCCOCCOCCOCCOCC2)C(C)C)cc1)C(C)C. The topological polar surface area (TPSA) is 518 Å². The van der Waals surface area contributed by atoms with Crippen LogP contribution in [0.5, 0.6) is 0 Å². The van der Waals surface area contributed by atoms with Gasteiger partial charge in [-0.15, -0.1) is 0 Å². The first kappa shape index (κ1) is 120. The number of hydrogen-bond acceptors (Lipinski definition) is 28. The van der Waals surface area contributed by atoms with Crippen LogP contribution in [-0.4, -0.2) is 370 Å². The highest BCUT2D eigenvalue weighted by atomic mass is 32.2. The molecule has 42 heteroatoms. The molecule has 0 aromatic heterocycles. The molecule has 0 bridgehead atoms. The van der Waals surface area contributed by atoms with Crippen molar-refractivity contribution in [2.24, 2.45) is 41.2 Å². The van der Waals surface area contributed by atoms with Crippen LogP contribution in [0.1, 0.15) is 165 Å². The number of rotatable bonds is 51. The second-order valence-electron chi connectivity index (χ2n) is 36.2. The van der Waals surface area contributed by atoms with Crippen molar-refractivity contribution < 1.29 is 132 Å². The Kier molecular flexibility index (Phi) is 55.0. The van der Waals surface area contributed by atoms with Crippen molar-refractivity contribution in [3.8, 4) is 0 Å². The van der Waals surface area contributed by atoms with Gasteiger partial charge < -0.3 is 120 Å². The van der Waals surface area contributed by atoms with Gasteiger partial charge in [-0.25, -0.2) is 21.6 Å². The first-order chi connectivity index (χ1) is 66.1. The molecule has 784 valence electrons. The van der Waals surface area contributed by atoms with Crippen molar-refractivity contribution in [2.45, 2.75) is 200 Å². The number of ether oxygens (including phenoxy) is 11. The number of nitrogens with zero attached hydrogens (tertiary/aromatic N) is 4. The highest BCUT2D eigenvalue weighted by molar-refractivity contribution is 7.92. The third-order valence-corrected chi connectivity index (χ3v) is 28.0. The number of aryl methyl sites for hydroxylation is 1. The number of carbonyl (C=O) groups is 12. The molecule has 13 atom stereocenters. The number of likely N-dealkylation sites (tertiary alicyclic amines) is 1. The Bertz CT molecular complexity index is 4440. The molecule has 3 aromatic rings. The number of anilines is 1. The van der Waals surface area contributed by atoms with Crippen molar-refractivity contribution in [3.05, 3.63) is 101 Å². The Morgan fingerprint density at radius 1 is 0.554 bits per heavy atom. The molecule has 40 nitrogen and oxygen atoms in total. The highest BCUT2D eigenvalue weighted by Crippen LogP contribution is 2.32. The lowest BCUT2D eigenvalue weighted by Gasteiger charge is -2.41. The maximum atomic E-state index is 15.1. The average Bonchev–Trinajstić information content (AvgIpc) is 1.75. The summed E-state index contributed by atoms with van der Waals surface area (Å²) in [7, 11) is 0.672. The standard InChI is InChI=1S/C97H156N12O28S2/c1-17-67(8)86(79(129-15)61-82(112)109-40-22-26-78(109)89(130-16)68(9)90(115)100-69(10)87(113)71-23-19-18-20-24-71)107(12)96(121)84(65(4)5)105-94(119)85(66(6)7)106(11)81(111)38-29-70-27-34-75(35-28-70)101-92(117)76(25-21-39-99-97(98)122)102-93(118)83(64(2)3)104-80(110)37-36-77(95(120)108-41-43-131-45-47-133-49-51-135-53-55-137-56-54-136-52-50-134-48-46-132-44-42-108)103-91(116)73-32-30-72(31-33-73)88(114)74(62-138(123,124)59-57-127-13)63-139(125,126)60-58-128-14/h18-20,23-24,27-28,30-35,64-69,74,76-79,83-87,89,113H,17,21-22,25-26,29,36-63H2,1-16H3,(H,100,115)(H,101,117)(H,102,118)(H,103,116)(H,104,110)(H,105,119)(H3,98,99,122)/t67-,68+,69+,76-,77-,78-,79+,83-,84-,85-,86-,87+,89+/m0/s1. The molecule has 2 aliphatic rings. The number of carbonyl (C=O) groups excluding carboxylic acids is 12. The predicted molar refractivity (Wildman–Crippen MR) is 520 cm³/mol. The number of nitrogens with one attached hydrogen (secondary N) is 7. The number of ketones is 1. The van der Waals surface area contributed by atoms with Gasteiger partial charge in [-0.2, -0.15) is 0 Å². The van der Waals surface area contributed by atoms with Crippen molar-refractivity contribution in [1.82, 2.24) is 51.5 Å². The molecule has 0 radical (unpaired) electrons. The lowest BCUT2D eigenvalue weighted by Crippen LogP contribution is -2.60. The Morgan fingerprint density at radius 2 is 1.08 bits per heavy atom. The number of likely N-dealkylation sites (N-methyl/N-ethyl adjacent to an activating group) is 2. The van der Waals surface area contributed by atoms with Crippen LogP contribution in [0.4, 0.5) is 10.5 Å². The van der Waals surface area contributed by atoms with E-state index >= 15 is 9.59 Å². The van der Waals surface area contributed by atoms with Gasteiger partial charge in [-0.3, -0.25) is 52.7 Å². The number of nitrogens with two attached hydrogens (primary N) is 1. The number of aliphatic hydroxyl groups is 1. The van der Waals surface area contributed by atoms with Crippen LogP contribution in [0, 0.1) is 35.5 Å². The first-order valence-electron chi connectivity index (χ1n) is 48.1. The smallest absolute Gasteiger partial charge is 0.312 e. The van der Waals surface area contributed by atoms with Crippen LogP contribution in [-0.2, 0) is 121 Å². The molecule has 0 unspecified atom stereocenters. The summed E-state index contributed by atoms with van der Waals surface area (Å²) in [6, 6.07) is 11.7. The van der Waals surface area contributed by atoms with E-state index in [-0.39, 0.29) is 165 Å². The zero-order valence-corrected chi connectivity index (χ0v) is 85.6. The van der Waals surface area contributed by atoms with E-state index in [1.165, 1.54) is 69.6 Å². The van der Waals surface area contributed by atoms with Gasteiger partial charge in [-0.1, -0.05) is 123 Å². The van der Waals surface area contributed by atoms with Gasteiger partial charge in [0.05, 0.1) is 183 Å². The summed E-state index contributed by atoms with van der Waals surface area (Å²) in [5.41, 5.74) is 6.77. The number of hydrogen-bond donors (Lipinski definition) is 9. The summed E-state index contributed by atoms with van der Waals surface area (Å²) in [6.45, 7) is 20.9. The van der Waals surface area contributed by atoms with Crippen LogP contribution in [0.3, 0.4) is 0 Å². The van der Waals surface area contributed by atoms with E-state index in [1.807, 2.05) is 32.0 Å². The van der Waals surface area contributed by atoms with Gasteiger partial charge in [0, 0.05) is 98.4 Å². The van der Waals surface area contributed by atoms with E-state index in [2.05, 4.69) is 37.2 Å². The van der Waals surface area contributed by atoms with Gasteiger partial charge >= 0.3 is 6.03 Å². The molecule has 12 amide bonds. The van der Waals surface area contributed by atoms with Crippen LogP contribution in [0.25, 0.3) is 0 Å². The number of primary amides is 1. The number of aliphatic hydroxyl groups excluding tert-OH is 1. The monoisotopic (exact) mass is 2000 g/mol. The van der Waals surface area contributed by atoms with Crippen molar-refractivity contribution >= 4 is 96.2 Å². The Balaban J connectivity index is 1.30. The predicted octanol–water partition coefficient (Wildman–Crippen LogP) is 3.87. The molecular weight excluding hydrogens is 1850 g/mol. The summed E-state index contributed by atoms with van der Waals surface area (Å²) < 4.78 is 115. The molecule has 5 rings (SSSR count). The summed E-state index contributed by atoms with van der Waals surface area (Å²) in [5.74, 6) is -13.2. The largest absolute Gasteiger partial charge is 0.386 e. The van der Waals surface area contributed by atoms with E-state index in [4.69, 9.17) is 57.8 Å². The summed E-state index contributed by atoms with van der Waals surface area (Å²) in [5, 5.41) is 30.5. The number of amides is 12. The number of urea groups is 1. The molecule has 2 saturated heterocycles. The first-order valence-corrected chi connectivity index (χ1v) is 51.7. The van der Waals surface area contributed by atoms with E-state index in [0.29, 0.717) is 76.6 Å². The minimum absolute atomic E-state index is 0.0108. The lowest BCUT2D eigenvalue weighted by atomic mass is 9.89. The van der Waals surface area contributed by atoms with Crippen molar-refractivity contribution in [2.75, 3.05) is 203 Å². The minimum atomic E-state index is -4.03. The van der Waals surface area contributed by atoms with Crippen LogP contribution < -0.4 is 43.0 Å². The van der Waals surface area contributed by atoms with E-state index in [9.17, 15) is 69.9 Å². The van der Waals surface area contributed by atoms with Gasteiger partial charge in [0.1, 0.15) is 30.2 Å². The average molecular weight is 2000 g/mol. The quantitative estimate of drug-likeness (QED) is 0.0286. The molecule has 139 heavy (non-hydrogen) atoms. The normalized spacial score (nSPS) is 17.8. The van der Waals surface area contributed by atoms with Crippen molar-refractivity contribution in [3.63, 3.8) is 0 Å². The number of benzene rings is 3. The van der Waals surface area contributed by atoms with Gasteiger partial charge in [0.2, 0.25) is 53.2 Å². The Labute approximate surface area is 820 Å². The molecule has 2 fully saturated rings. The van der Waals surface area contributed by atoms with Crippen molar-refractivity contribution in [1.29, 1.82) is 0 Å². The maximum absolute atomic E-state index is 15.1. The minimum Gasteiger partial charge on any atom is -0.386 e.